The van der Waals surface area contributed by atoms with Gasteiger partial charge in [-0.05, 0) is 54.4 Å². The maximum absolute atomic E-state index is 13.0. The molecule has 4 rings (SSSR count). The first-order valence-corrected chi connectivity index (χ1v) is 9.98. The van der Waals surface area contributed by atoms with Crippen LogP contribution >= 0.6 is 11.6 Å². The summed E-state index contributed by atoms with van der Waals surface area (Å²) < 4.78 is 5.80. The second-order valence-electron chi connectivity index (χ2n) is 7.01. The van der Waals surface area contributed by atoms with Gasteiger partial charge in [-0.1, -0.05) is 23.2 Å². The van der Waals surface area contributed by atoms with Gasteiger partial charge < -0.3 is 10.8 Å². The molecule has 0 aliphatic carbocycles. The summed E-state index contributed by atoms with van der Waals surface area (Å²) in [5.74, 6) is -0.589. The number of nitrogen functional groups attached to an aromatic ring is 1. The quantitative estimate of drug-likeness (QED) is 0.375. The second-order valence-corrected chi connectivity index (χ2v) is 7.45. The van der Waals surface area contributed by atoms with E-state index in [9.17, 15) is 9.90 Å². The van der Waals surface area contributed by atoms with E-state index in [0.717, 1.165) is 25.9 Å². The maximum Gasteiger partial charge on any atom is 0.292 e. The molecule has 0 saturated carbocycles. The van der Waals surface area contributed by atoms with Crippen molar-refractivity contribution in [3.8, 4) is 11.6 Å². The van der Waals surface area contributed by atoms with Crippen LogP contribution in [0.4, 0.5) is 5.82 Å². The zero-order valence-electron chi connectivity index (χ0n) is 16.4. The number of nitrogens with zero attached hydrogens (tertiary/aromatic N) is 7. The lowest BCUT2D eigenvalue weighted by atomic mass is 10.1. The smallest absolute Gasteiger partial charge is 0.292 e. The van der Waals surface area contributed by atoms with Crippen molar-refractivity contribution in [3.05, 3.63) is 40.2 Å². The summed E-state index contributed by atoms with van der Waals surface area (Å²) in [5.41, 5.74) is 9.09. The molecule has 0 atom stereocenters. The van der Waals surface area contributed by atoms with E-state index in [-0.39, 0.29) is 23.1 Å². The summed E-state index contributed by atoms with van der Waals surface area (Å²) in [7, 11) is 0. The molecule has 1 saturated heterocycles. The molecule has 1 amide bonds. The van der Waals surface area contributed by atoms with Crippen LogP contribution in [-0.2, 0) is 6.54 Å². The zero-order chi connectivity index (χ0) is 21.8. The maximum atomic E-state index is 13.0. The van der Waals surface area contributed by atoms with E-state index in [1.807, 2.05) is 0 Å². The number of aromatic hydroxyl groups is 1. The van der Waals surface area contributed by atoms with Crippen molar-refractivity contribution in [3.63, 3.8) is 0 Å². The molecular weight excluding hydrogens is 426 g/mol. The van der Waals surface area contributed by atoms with Crippen molar-refractivity contribution in [1.82, 2.24) is 35.6 Å². The van der Waals surface area contributed by atoms with E-state index in [4.69, 9.17) is 17.3 Å². The summed E-state index contributed by atoms with van der Waals surface area (Å²) >= 11 is 5.93. The van der Waals surface area contributed by atoms with Crippen LogP contribution in [0.5, 0.6) is 5.75 Å². The number of amides is 1. The fourth-order valence-electron chi connectivity index (χ4n) is 3.30. The number of benzene rings is 1. The number of nitrogens with two attached hydrogens (primary N) is 1. The molecule has 12 nitrogen and oxygen atoms in total. The number of hydrogen-bond acceptors (Lipinski definition) is 10. The van der Waals surface area contributed by atoms with Crippen molar-refractivity contribution in [2.24, 2.45) is 5.10 Å². The Hall–Kier alpha value is -3.51. The minimum atomic E-state index is -0.586. The molecule has 0 spiro atoms. The molecule has 1 aliphatic heterocycles. The fourth-order valence-corrected chi connectivity index (χ4v) is 3.48. The van der Waals surface area contributed by atoms with Gasteiger partial charge in [-0.3, -0.25) is 9.69 Å². The number of carbonyl (C=O) groups excluding carboxylic acids is 1. The van der Waals surface area contributed by atoms with Crippen molar-refractivity contribution in [1.29, 1.82) is 0 Å². The summed E-state index contributed by atoms with van der Waals surface area (Å²) in [6.45, 7) is 2.26. The van der Waals surface area contributed by atoms with Gasteiger partial charge in [-0.25, -0.2) is 10.1 Å². The molecule has 1 fully saturated rings. The van der Waals surface area contributed by atoms with Gasteiger partial charge in [0.1, 0.15) is 11.4 Å². The number of rotatable bonds is 6. The monoisotopic (exact) mass is 445 g/mol. The van der Waals surface area contributed by atoms with E-state index in [0.29, 0.717) is 22.8 Å². The molecular formula is C18H20ClN9O3. The second kappa shape index (κ2) is 9.10. The third kappa shape index (κ3) is 4.64. The van der Waals surface area contributed by atoms with Crippen LogP contribution in [0.2, 0.25) is 5.02 Å². The zero-order valence-corrected chi connectivity index (χ0v) is 17.2. The summed E-state index contributed by atoms with van der Waals surface area (Å²) in [6.07, 6.45) is 4.64. The first kappa shape index (κ1) is 20.8. The van der Waals surface area contributed by atoms with Crippen LogP contribution in [-0.4, -0.2) is 60.5 Å². The Morgan fingerprint density at radius 1 is 1.32 bits per heavy atom. The van der Waals surface area contributed by atoms with Gasteiger partial charge in [0.05, 0.1) is 6.21 Å². The van der Waals surface area contributed by atoms with Crippen LogP contribution in [0.25, 0.3) is 5.82 Å². The van der Waals surface area contributed by atoms with Gasteiger partial charge in [-0.15, -0.1) is 5.10 Å². The normalized spacial score (nSPS) is 14.9. The van der Waals surface area contributed by atoms with Crippen LogP contribution in [0, 0.1) is 0 Å². The van der Waals surface area contributed by atoms with Crippen molar-refractivity contribution in [2.75, 3.05) is 18.8 Å². The average Bonchev–Trinajstić information content (AvgIpc) is 3.37. The largest absolute Gasteiger partial charge is 0.507 e. The lowest BCUT2D eigenvalue weighted by Gasteiger charge is -2.25. The molecule has 3 aromatic rings. The van der Waals surface area contributed by atoms with Crippen molar-refractivity contribution >= 4 is 29.5 Å². The van der Waals surface area contributed by atoms with Gasteiger partial charge >= 0.3 is 0 Å². The highest BCUT2D eigenvalue weighted by Crippen LogP contribution is 2.20. The van der Waals surface area contributed by atoms with Gasteiger partial charge in [0.25, 0.3) is 5.91 Å². The molecule has 31 heavy (non-hydrogen) atoms. The number of aromatic nitrogens is 5. The molecule has 1 aromatic carbocycles. The Labute approximate surface area is 181 Å². The molecule has 0 radical (unpaired) electrons. The fraction of sp³-hybridized carbons (Fsp3) is 0.333. The number of halogens is 1. The highest BCUT2D eigenvalue weighted by atomic mass is 35.5. The number of anilines is 1. The third-order valence-electron chi connectivity index (χ3n) is 4.83. The molecule has 0 unspecified atom stereocenters. The summed E-state index contributed by atoms with van der Waals surface area (Å²) in [4.78, 5) is 15.2. The minimum absolute atomic E-state index is 0.0265. The molecule has 4 N–H and O–H groups in total. The first-order chi connectivity index (χ1) is 15.0. The van der Waals surface area contributed by atoms with Gasteiger partial charge in [0.2, 0.25) is 11.6 Å². The van der Waals surface area contributed by atoms with E-state index >= 15 is 0 Å². The number of hydrogen-bond donors (Lipinski definition) is 3. The molecule has 162 valence electrons. The van der Waals surface area contributed by atoms with Gasteiger partial charge in [-0.2, -0.15) is 9.78 Å². The molecule has 0 bridgehead atoms. The lowest BCUT2D eigenvalue weighted by molar-refractivity contribution is 0.0944. The Morgan fingerprint density at radius 3 is 2.87 bits per heavy atom. The molecule has 1 aliphatic rings. The highest BCUT2D eigenvalue weighted by Gasteiger charge is 2.26. The van der Waals surface area contributed by atoms with Crippen LogP contribution in [0.15, 0.2) is 27.9 Å². The molecule has 13 heteroatoms. The average molecular weight is 446 g/mol. The lowest BCUT2D eigenvalue weighted by Crippen LogP contribution is -2.31. The van der Waals surface area contributed by atoms with Gasteiger partial charge in [0, 0.05) is 17.1 Å². The van der Waals surface area contributed by atoms with E-state index < -0.39 is 5.91 Å². The standard InChI is InChI=1S/C18H20ClN9O3/c19-12-4-5-14(29)11(8-12)9-21-23-18(30)15-13(10-27-6-2-1-3-7-27)22-26-28(15)17-16(20)24-31-25-17/h4-5,8-9,29H,1-3,6-7,10H2,(H2,20,24)(H,23,30)/b21-9-. The predicted molar refractivity (Wildman–Crippen MR) is 111 cm³/mol. The number of likely N-dealkylation sites (tertiary alicyclic amines) is 1. The topological polar surface area (TPSA) is 161 Å². The van der Waals surface area contributed by atoms with Gasteiger partial charge in [0.15, 0.2) is 5.69 Å². The minimum Gasteiger partial charge on any atom is -0.507 e. The summed E-state index contributed by atoms with van der Waals surface area (Å²) in [5, 5.41) is 29.6. The number of piperidine rings is 1. The molecule has 3 heterocycles. The SMILES string of the molecule is Nc1nonc1-n1nnc(CN2CCCCC2)c1C(=O)N/N=C\c1cc(Cl)ccc1O. The van der Waals surface area contributed by atoms with Crippen LogP contribution in [0.1, 0.15) is 41.0 Å². The van der Waals surface area contributed by atoms with Crippen LogP contribution in [0.3, 0.4) is 0 Å². The number of nitrogens with one attached hydrogen (secondary N) is 1. The number of phenols is 1. The number of carbonyl (C=O) groups is 1. The third-order valence-corrected chi connectivity index (χ3v) is 5.07. The van der Waals surface area contributed by atoms with E-state index in [1.165, 1.54) is 29.4 Å². The summed E-state index contributed by atoms with van der Waals surface area (Å²) in [6, 6.07) is 4.49. The highest BCUT2D eigenvalue weighted by molar-refractivity contribution is 6.30. The first-order valence-electron chi connectivity index (χ1n) is 9.60. The van der Waals surface area contributed by atoms with Crippen molar-refractivity contribution < 1.29 is 14.5 Å². The van der Waals surface area contributed by atoms with Crippen molar-refractivity contribution in [2.45, 2.75) is 25.8 Å². The van der Waals surface area contributed by atoms with E-state index in [2.05, 4.69) is 40.7 Å². The number of phenolic OH excluding ortho intramolecular Hbond substituents is 1. The number of hydrazone groups is 1. The Bertz CT molecular complexity index is 1100. The Kier molecular flexibility index (Phi) is 6.09. The Balaban J connectivity index is 1.60. The predicted octanol–water partition coefficient (Wildman–Crippen LogP) is 1.34. The molecule has 2 aromatic heterocycles. The van der Waals surface area contributed by atoms with Crippen LogP contribution < -0.4 is 11.2 Å². The van der Waals surface area contributed by atoms with E-state index in [1.54, 1.807) is 6.07 Å². The Morgan fingerprint density at radius 2 is 2.13 bits per heavy atom.